The number of methoxy groups -OCH3 is 1. The van der Waals surface area contributed by atoms with Crippen molar-refractivity contribution in [3.63, 3.8) is 0 Å². The molecule has 0 saturated heterocycles. The zero-order valence-corrected chi connectivity index (χ0v) is 12.4. The van der Waals surface area contributed by atoms with Gasteiger partial charge in [0.2, 0.25) is 10.0 Å². The summed E-state index contributed by atoms with van der Waals surface area (Å²) in [4.78, 5) is 11.1. The van der Waals surface area contributed by atoms with Crippen LogP contribution in [0.15, 0.2) is 23.1 Å². The summed E-state index contributed by atoms with van der Waals surface area (Å²) >= 11 is 0. The Morgan fingerprint density at radius 2 is 2.10 bits per heavy atom. The number of hydrogen-bond acceptors (Lipinski definition) is 5. The molecule has 0 heterocycles. The molecule has 1 aromatic rings. The summed E-state index contributed by atoms with van der Waals surface area (Å²) in [5.74, 6) is -0.477. The SMILES string of the molecule is COC(=O)CCN(C)S(=O)(=O)c1cc(C#N)ccc1C. The van der Waals surface area contributed by atoms with Crippen molar-refractivity contribution < 1.29 is 17.9 Å². The number of sulfonamides is 1. The minimum atomic E-state index is -3.73. The van der Waals surface area contributed by atoms with Crippen LogP contribution in [0.4, 0.5) is 0 Å². The van der Waals surface area contributed by atoms with Crippen LogP contribution in [0.3, 0.4) is 0 Å². The topological polar surface area (TPSA) is 87.5 Å². The molecule has 20 heavy (non-hydrogen) atoms. The van der Waals surface area contributed by atoms with Crippen molar-refractivity contribution >= 4 is 16.0 Å². The molecule has 0 bridgehead atoms. The van der Waals surface area contributed by atoms with Gasteiger partial charge in [-0.25, -0.2) is 12.7 Å². The Morgan fingerprint density at radius 1 is 1.45 bits per heavy atom. The minimum Gasteiger partial charge on any atom is -0.469 e. The Bertz CT molecular complexity index is 647. The van der Waals surface area contributed by atoms with Crippen LogP contribution in [0.1, 0.15) is 17.5 Å². The Hall–Kier alpha value is -1.91. The molecule has 0 aliphatic carbocycles. The van der Waals surface area contributed by atoms with E-state index in [9.17, 15) is 13.2 Å². The van der Waals surface area contributed by atoms with Crippen LogP contribution >= 0.6 is 0 Å². The first kappa shape index (κ1) is 16.1. The van der Waals surface area contributed by atoms with E-state index in [1.54, 1.807) is 19.1 Å². The smallest absolute Gasteiger partial charge is 0.306 e. The van der Waals surface area contributed by atoms with Gasteiger partial charge >= 0.3 is 5.97 Å². The first-order valence-electron chi connectivity index (χ1n) is 5.87. The van der Waals surface area contributed by atoms with Gasteiger partial charge in [0.05, 0.1) is 30.1 Å². The molecule has 0 aliphatic heterocycles. The lowest BCUT2D eigenvalue weighted by molar-refractivity contribution is -0.140. The summed E-state index contributed by atoms with van der Waals surface area (Å²) in [6.45, 7) is 1.67. The van der Waals surface area contributed by atoms with Gasteiger partial charge in [0, 0.05) is 13.6 Å². The first-order valence-corrected chi connectivity index (χ1v) is 7.31. The third kappa shape index (κ3) is 3.56. The van der Waals surface area contributed by atoms with E-state index in [0.29, 0.717) is 5.56 Å². The molecule has 0 unspecified atom stereocenters. The fraction of sp³-hybridized carbons (Fsp3) is 0.385. The molecule has 108 valence electrons. The molecule has 1 rings (SSSR count). The molecule has 0 radical (unpaired) electrons. The largest absolute Gasteiger partial charge is 0.469 e. The first-order chi connectivity index (χ1) is 9.32. The van der Waals surface area contributed by atoms with Gasteiger partial charge in [-0.05, 0) is 24.6 Å². The van der Waals surface area contributed by atoms with Crippen molar-refractivity contribution in [1.29, 1.82) is 5.26 Å². The standard InChI is InChI=1S/C13H16N2O4S/c1-10-4-5-11(9-14)8-12(10)20(17,18)15(2)7-6-13(16)19-3/h4-5,8H,6-7H2,1-3H3. The number of benzene rings is 1. The molecule has 0 amide bonds. The maximum absolute atomic E-state index is 12.4. The second kappa shape index (κ2) is 6.50. The summed E-state index contributed by atoms with van der Waals surface area (Å²) in [5.41, 5.74) is 0.824. The number of ether oxygens (including phenoxy) is 1. The Balaban J connectivity index is 3.04. The lowest BCUT2D eigenvalue weighted by Gasteiger charge is -2.18. The molecule has 0 aromatic heterocycles. The van der Waals surface area contributed by atoms with E-state index >= 15 is 0 Å². The highest BCUT2D eigenvalue weighted by atomic mass is 32.2. The van der Waals surface area contributed by atoms with Crippen molar-refractivity contribution in [2.45, 2.75) is 18.2 Å². The Morgan fingerprint density at radius 3 is 2.65 bits per heavy atom. The van der Waals surface area contributed by atoms with Crippen LogP contribution in [0.2, 0.25) is 0 Å². The van der Waals surface area contributed by atoms with Crippen molar-refractivity contribution in [2.75, 3.05) is 20.7 Å². The average Bonchev–Trinajstić information content (AvgIpc) is 2.44. The van der Waals surface area contributed by atoms with Crippen molar-refractivity contribution in [3.8, 4) is 6.07 Å². The van der Waals surface area contributed by atoms with Gasteiger partial charge in [-0.2, -0.15) is 5.26 Å². The lowest BCUT2D eigenvalue weighted by Crippen LogP contribution is -2.30. The molecule has 7 heteroatoms. The number of carbonyl (C=O) groups excluding carboxylic acids is 1. The van der Waals surface area contributed by atoms with Crippen molar-refractivity contribution in [3.05, 3.63) is 29.3 Å². The number of carbonyl (C=O) groups is 1. The van der Waals surface area contributed by atoms with E-state index in [4.69, 9.17) is 5.26 Å². The zero-order valence-electron chi connectivity index (χ0n) is 11.6. The fourth-order valence-corrected chi connectivity index (χ4v) is 3.00. The van der Waals surface area contributed by atoms with E-state index in [2.05, 4.69) is 4.74 Å². The number of aryl methyl sites for hydroxylation is 1. The van der Waals surface area contributed by atoms with Crippen LogP contribution in [-0.2, 0) is 19.6 Å². The third-order valence-corrected chi connectivity index (χ3v) is 4.86. The van der Waals surface area contributed by atoms with Crippen LogP contribution in [0, 0.1) is 18.3 Å². The van der Waals surface area contributed by atoms with Gasteiger partial charge in [-0.1, -0.05) is 6.07 Å². The quantitative estimate of drug-likeness (QED) is 0.758. The molecule has 1 aromatic carbocycles. The number of nitrogens with zero attached hydrogens (tertiary/aromatic N) is 2. The van der Waals surface area contributed by atoms with Crippen molar-refractivity contribution in [2.24, 2.45) is 0 Å². The Kier molecular flexibility index (Phi) is 5.25. The molecular formula is C13H16N2O4S. The predicted octanol–water partition coefficient (Wildman–Crippen LogP) is 1.05. The normalized spacial score (nSPS) is 11.2. The lowest BCUT2D eigenvalue weighted by atomic mass is 10.2. The molecule has 0 atom stereocenters. The van der Waals surface area contributed by atoms with Crippen LogP contribution < -0.4 is 0 Å². The van der Waals surface area contributed by atoms with E-state index < -0.39 is 16.0 Å². The second-order valence-electron chi connectivity index (χ2n) is 4.24. The summed E-state index contributed by atoms with van der Waals surface area (Å²) in [7, 11) is -1.10. The van der Waals surface area contributed by atoms with Crippen LogP contribution in [-0.4, -0.2) is 39.4 Å². The van der Waals surface area contributed by atoms with Gasteiger partial charge in [-0.3, -0.25) is 4.79 Å². The van der Waals surface area contributed by atoms with E-state index in [1.165, 1.54) is 20.2 Å². The Labute approximate surface area is 118 Å². The molecular weight excluding hydrogens is 280 g/mol. The number of rotatable bonds is 5. The molecule has 0 N–H and O–H groups in total. The van der Waals surface area contributed by atoms with Gasteiger partial charge in [-0.15, -0.1) is 0 Å². The summed E-state index contributed by atoms with van der Waals surface area (Å²) in [6, 6.07) is 6.38. The van der Waals surface area contributed by atoms with E-state index in [-0.39, 0.29) is 23.4 Å². The molecule has 0 aliphatic rings. The second-order valence-corrected chi connectivity index (χ2v) is 6.26. The van der Waals surface area contributed by atoms with Crippen molar-refractivity contribution in [1.82, 2.24) is 4.31 Å². The summed E-state index contributed by atoms with van der Waals surface area (Å²) < 4.78 is 30.3. The fourth-order valence-electron chi connectivity index (χ4n) is 1.59. The zero-order chi connectivity index (χ0) is 15.3. The van der Waals surface area contributed by atoms with Gasteiger partial charge in [0.1, 0.15) is 0 Å². The van der Waals surface area contributed by atoms with E-state index in [1.807, 2.05) is 6.07 Å². The summed E-state index contributed by atoms with van der Waals surface area (Å²) in [5, 5.41) is 8.85. The highest BCUT2D eigenvalue weighted by molar-refractivity contribution is 7.89. The molecule has 0 saturated carbocycles. The minimum absolute atomic E-state index is 0.0191. The monoisotopic (exact) mass is 296 g/mol. The van der Waals surface area contributed by atoms with Gasteiger partial charge < -0.3 is 4.74 Å². The average molecular weight is 296 g/mol. The summed E-state index contributed by atoms with van der Waals surface area (Å²) in [6.07, 6.45) is -0.0246. The number of esters is 1. The van der Waals surface area contributed by atoms with Gasteiger partial charge in [0.25, 0.3) is 0 Å². The van der Waals surface area contributed by atoms with Crippen LogP contribution in [0.5, 0.6) is 0 Å². The maximum atomic E-state index is 12.4. The number of hydrogen-bond donors (Lipinski definition) is 0. The number of nitriles is 1. The van der Waals surface area contributed by atoms with Crippen LogP contribution in [0.25, 0.3) is 0 Å². The molecule has 0 fully saturated rings. The van der Waals surface area contributed by atoms with Gasteiger partial charge in [0.15, 0.2) is 0 Å². The third-order valence-electron chi connectivity index (χ3n) is 2.86. The predicted molar refractivity (Wildman–Crippen MR) is 72.3 cm³/mol. The van der Waals surface area contributed by atoms with E-state index in [0.717, 1.165) is 4.31 Å². The molecule has 0 spiro atoms. The highest BCUT2D eigenvalue weighted by Gasteiger charge is 2.23. The highest BCUT2D eigenvalue weighted by Crippen LogP contribution is 2.20. The molecule has 6 nitrogen and oxygen atoms in total. The maximum Gasteiger partial charge on any atom is 0.306 e.